The number of urea groups is 1. The summed E-state index contributed by atoms with van der Waals surface area (Å²) in [5.41, 5.74) is 0.337. The Morgan fingerprint density at radius 1 is 1.29 bits per heavy atom. The summed E-state index contributed by atoms with van der Waals surface area (Å²) in [6.45, 7) is 3.53. The van der Waals surface area contributed by atoms with Crippen LogP contribution in [0, 0.1) is 0 Å². The number of nitrogens with zero attached hydrogens (tertiary/aromatic N) is 1. The van der Waals surface area contributed by atoms with Gasteiger partial charge in [-0.05, 0) is 44.1 Å². The zero-order chi connectivity index (χ0) is 15.2. The maximum atomic E-state index is 11.8. The molecule has 1 saturated heterocycles. The quantitative estimate of drug-likeness (QED) is 0.757. The zero-order valence-corrected chi connectivity index (χ0v) is 13.1. The summed E-state index contributed by atoms with van der Waals surface area (Å²) < 4.78 is 0.653. The highest BCUT2D eigenvalue weighted by atomic mass is 79.9. The van der Waals surface area contributed by atoms with Gasteiger partial charge in [0.15, 0.2) is 0 Å². The van der Waals surface area contributed by atoms with Crippen molar-refractivity contribution in [1.82, 2.24) is 10.2 Å². The Labute approximate surface area is 131 Å². The predicted octanol–water partition coefficient (Wildman–Crippen LogP) is 2.36. The minimum Gasteiger partial charge on any atom is -0.478 e. The molecule has 1 aromatic rings. The summed E-state index contributed by atoms with van der Waals surface area (Å²) in [5.74, 6) is -1.08. The molecule has 2 amide bonds. The summed E-state index contributed by atoms with van der Waals surface area (Å²) >= 11 is 3.21. The van der Waals surface area contributed by atoms with Gasteiger partial charge in [-0.25, -0.2) is 9.59 Å². The van der Waals surface area contributed by atoms with E-state index in [1.807, 2.05) is 0 Å². The topological polar surface area (TPSA) is 81.7 Å². The molecule has 0 atom stereocenters. The van der Waals surface area contributed by atoms with E-state index in [-0.39, 0.29) is 17.3 Å². The molecule has 0 spiro atoms. The van der Waals surface area contributed by atoms with Gasteiger partial charge in [-0.15, -0.1) is 0 Å². The van der Waals surface area contributed by atoms with E-state index in [0.717, 1.165) is 19.6 Å². The molecule has 0 unspecified atom stereocenters. The van der Waals surface area contributed by atoms with Crippen LogP contribution >= 0.6 is 15.9 Å². The largest absolute Gasteiger partial charge is 0.478 e. The summed E-state index contributed by atoms with van der Waals surface area (Å²) in [5, 5.41) is 14.4. The molecular formula is C14H18BrN3O3. The molecule has 7 heteroatoms. The SMILES string of the molecule is O=C(NCCN1CCCC1)Nc1ccc(Br)cc1C(=O)O. The zero-order valence-electron chi connectivity index (χ0n) is 11.6. The van der Waals surface area contributed by atoms with Crippen molar-refractivity contribution >= 4 is 33.6 Å². The third-order valence-corrected chi connectivity index (χ3v) is 3.87. The molecular weight excluding hydrogens is 338 g/mol. The molecule has 0 bridgehead atoms. The second-order valence-electron chi connectivity index (χ2n) is 4.92. The van der Waals surface area contributed by atoms with E-state index < -0.39 is 5.97 Å². The Bertz CT molecular complexity index is 530. The van der Waals surface area contributed by atoms with Gasteiger partial charge in [0, 0.05) is 17.6 Å². The number of aromatic carboxylic acids is 1. The first-order valence-corrected chi connectivity index (χ1v) is 7.65. The highest BCUT2D eigenvalue weighted by Gasteiger charge is 2.14. The van der Waals surface area contributed by atoms with Crippen LogP contribution in [-0.2, 0) is 0 Å². The number of amides is 2. The molecule has 0 radical (unpaired) electrons. The van der Waals surface area contributed by atoms with Crippen molar-refractivity contribution in [3.05, 3.63) is 28.2 Å². The van der Waals surface area contributed by atoms with Crippen LogP contribution in [0.2, 0.25) is 0 Å². The fraction of sp³-hybridized carbons (Fsp3) is 0.429. The van der Waals surface area contributed by atoms with E-state index in [4.69, 9.17) is 5.11 Å². The summed E-state index contributed by atoms with van der Waals surface area (Å²) in [4.78, 5) is 25.2. The maximum absolute atomic E-state index is 11.8. The highest BCUT2D eigenvalue weighted by Crippen LogP contribution is 2.21. The van der Waals surface area contributed by atoms with E-state index in [1.54, 1.807) is 12.1 Å². The van der Waals surface area contributed by atoms with E-state index in [2.05, 4.69) is 31.5 Å². The van der Waals surface area contributed by atoms with Gasteiger partial charge in [0.1, 0.15) is 0 Å². The van der Waals surface area contributed by atoms with E-state index in [1.165, 1.54) is 18.9 Å². The van der Waals surface area contributed by atoms with E-state index >= 15 is 0 Å². The first-order valence-electron chi connectivity index (χ1n) is 6.86. The van der Waals surface area contributed by atoms with Crippen LogP contribution in [0.15, 0.2) is 22.7 Å². The molecule has 1 aliphatic heterocycles. The monoisotopic (exact) mass is 355 g/mol. The number of carbonyl (C=O) groups excluding carboxylic acids is 1. The van der Waals surface area contributed by atoms with Crippen molar-refractivity contribution in [3.63, 3.8) is 0 Å². The van der Waals surface area contributed by atoms with Crippen molar-refractivity contribution in [2.24, 2.45) is 0 Å². The number of rotatable bonds is 5. The van der Waals surface area contributed by atoms with Gasteiger partial charge in [-0.1, -0.05) is 15.9 Å². The van der Waals surface area contributed by atoms with Gasteiger partial charge in [-0.2, -0.15) is 0 Å². The number of nitrogens with one attached hydrogen (secondary N) is 2. The third-order valence-electron chi connectivity index (χ3n) is 3.37. The van der Waals surface area contributed by atoms with Crippen molar-refractivity contribution in [1.29, 1.82) is 0 Å². The Morgan fingerprint density at radius 3 is 2.67 bits per heavy atom. The number of hydrogen-bond acceptors (Lipinski definition) is 3. The summed E-state index contributed by atoms with van der Waals surface area (Å²) in [6, 6.07) is 4.32. The van der Waals surface area contributed by atoms with Crippen LogP contribution in [0.4, 0.5) is 10.5 Å². The second kappa shape index (κ2) is 7.42. The van der Waals surface area contributed by atoms with Crippen LogP contribution < -0.4 is 10.6 Å². The molecule has 21 heavy (non-hydrogen) atoms. The van der Waals surface area contributed by atoms with Gasteiger partial charge >= 0.3 is 12.0 Å². The molecule has 1 aromatic carbocycles. The summed E-state index contributed by atoms with van der Waals surface area (Å²) in [7, 11) is 0. The molecule has 1 heterocycles. The van der Waals surface area contributed by atoms with Crippen molar-refractivity contribution in [2.45, 2.75) is 12.8 Å². The number of anilines is 1. The number of benzene rings is 1. The van der Waals surface area contributed by atoms with Gasteiger partial charge in [0.25, 0.3) is 0 Å². The first-order chi connectivity index (χ1) is 10.1. The lowest BCUT2D eigenvalue weighted by atomic mass is 10.2. The second-order valence-corrected chi connectivity index (χ2v) is 5.84. The number of carboxylic acids is 1. The van der Waals surface area contributed by atoms with Crippen LogP contribution in [0.25, 0.3) is 0 Å². The summed E-state index contributed by atoms with van der Waals surface area (Å²) in [6.07, 6.45) is 2.43. The Balaban J connectivity index is 1.85. The lowest BCUT2D eigenvalue weighted by molar-refractivity contribution is 0.0698. The van der Waals surface area contributed by atoms with Gasteiger partial charge in [0.05, 0.1) is 11.3 Å². The van der Waals surface area contributed by atoms with Gasteiger partial charge in [-0.3, -0.25) is 0 Å². The molecule has 6 nitrogen and oxygen atoms in total. The lowest BCUT2D eigenvalue weighted by Crippen LogP contribution is -2.36. The standard InChI is InChI=1S/C14H18BrN3O3/c15-10-3-4-12(11(9-10)13(19)20)17-14(21)16-5-8-18-6-1-2-7-18/h3-4,9H,1-2,5-8H2,(H,19,20)(H2,16,17,21). The molecule has 3 N–H and O–H groups in total. The fourth-order valence-electron chi connectivity index (χ4n) is 2.30. The highest BCUT2D eigenvalue weighted by molar-refractivity contribution is 9.10. The molecule has 0 aliphatic carbocycles. The van der Waals surface area contributed by atoms with Crippen molar-refractivity contribution < 1.29 is 14.7 Å². The van der Waals surface area contributed by atoms with Gasteiger partial charge < -0.3 is 20.6 Å². The first kappa shape index (κ1) is 15.8. The van der Waals surface area contributed by atoms with Crippen molar-refractivity contribution in [2.75, 3.05) is 31.5 Å². The maximum Gasteiger partial charge on any atom is 0.337 e. The van der Waals surface area contributed by atoms with Crippen molar-refractivity contribution in [3.8, 4) is 0 Å². The smallest absolute Gasteiger partial charge is 0.337 e. The van der Waals surface area contributed by atoms with E-state index in [9.17, 15) is 9.59 Å². The number of halogens is 1. The van der Waals surface area contributed by atoms with Gasteiger partial charge in [0.2, 0.25) is 0 Å². The molecule has 0 aromatic heterocycles. The predicted molar refractivity (Wildman–Crippen MR) is 83.8 cm³/mol. The number of carboxylic acid groups (broad SMARTS) is 1. The average Bonchev–Trinajstić information content (AvgIpc) is 2.94. The molecule has 1 aliphatic rings. The van der Waals surface area contributed by atoms with Crippen LogP contribution in [0.3, 0.4) is 0 Å². The van der Waals surface area contributed by atoms with Crippen LogP contribution in [-0.4, -0.2) is 48.2 Å². The van der Waals surface area contributed by atoms with E-state index in [0.29, 0.717) is 11.0 Å². The molecule has 1 fully saturated rings. The average molecular weight is 356 g/mol. The van der Waals surface area contributed by atoms with Crippen LogP contribution in [0.1, 0.15) is 23.2 Å². The number of likely N-dealkylation sites (tertiary alicyclic amines) is 1. The van der Waals surface area contributed by atoms with Crippen LogP contribution in [0.5, 0.6) is 0 Å². The molecule has 2 rings (SSSR count). The Hall–Kier alpha value is -1.60. The molecule has 114 valence electrons. The fourth-order valence-corrected chi connectivity index (χ4v) is 2.66. The third kappa shape index (κ3) is 4.71. The lowest BCUT2D eigenvalue weighted by Gasteiger charge is -2.15. The Kier molecular flexibility index (Phi) is 5.58. The number of hydrogen-bond donors (Lipinski definition) is 3. The minimum atomic E-state index is -1.08. The number of carbonyl (C=O) groups is 2. The molecule has 0 saturated carbocycles. The Morgan fingerprint density at radius 2 is 2.00 bits per heavy atom. The minimum absolute atomic E-state index is 0.0547. The normalized spacial score (nSPS) is 14.9.